The van der Waals surface area contributed by atoms with E-state index in [2.05, 4.69) is 28.5 Å². The van der Waals surface area contributed by atoms with Crippen molar-refractivity contribution in [2.75, 3.05) is 20.2 Å². The van der Waals surface area contributed by atoms with Gasteiger partial charge >= 0.3 is 0 Å². The number of nitrogens with zero attached hydrogens (tertiary/aromatic N) is 2. The first-order valence-electron chi connectivity index (χ1n) is 13.3. The van der Waals surface area contributed by atoms with Gasteiger partial charge in [-0.15, -0.1) is 0 Å². The molecule has 192 valence electrons. The molecule has 6 rings (SSSR count). The molecular weight excluding hydrogens is 467 g/mol. The van der Waals surface area contributed by atoms with Crippen LogP contribution in [0.5, 0.6) is 5.75 Å². The number of piperidine rings is 1. The first-order chi connectivity index (χ1) is 18.0. The Morgan fingerprint density at radius 1 is 1.22 bits per heavy atom. The highest BCUT2D eigenvalue weighted by atomic mass is 19.1. The first-order valence-corrected chi connectivity index (χ1v) is 13.3. The fraction of sp³-hybridized carbons (Fsp3) is 0.400. The van der Waals surface area contributed by atoms with Gasteiger partial charge in [-0.25, -0.2) is 4.39 Å². The first kappa shape index (κ1) is 23.9. The zero-order valence-corrected chi connectivity index (χ0v) is 21.4. The number of aromatic nitrogens is 2. The third-order valence-corrected chi connectivity index (χ3v) is 8.00. The third-order valence-electron chi connectivity index (χ3n) is 8.00. The van der Waals surface area contributed by atoms with E-state index in [1.54, 1.807) is 19.1 Å². The molecule has 2 N–H and O–H groups in total. The normalized spacial score (nSPS) is 19.8. The SMILES string of the molecule is COc1ccc(Cc2nc3c(c4c2[nH]c2ccccc24)CCC[C@@H]3N[C@@H]2CCCN(C(C)=O)C2)cc1F. The van der Waals surface area contributed by atoms with Gasteiger partial charge in [-0.05, 0) is 61.4 Å². The Labute approximate surface area is 216 Å². The molecule has 4 aromatic rings. The summed E-state index contributed by atoms with van der Waals surface area (Å²) in [6.45, 7) is 3.24. The Hall–Kier alpha value is -3.45. The molecule has 2 atom stereocenters. The van der Waals surface area contributed by atoms with E-state index in [1.807, 2.05) is 17.0 Å². The van der Waals surface area contributed by atoms with Gasteiger partial charge in [0.2, 0.25) is 5.91 Å². The molecule has 6 nitrogen and oxygen atoms in total. The van der Waals surface area contributed by atoms with Crippen molar-refractivity contribution in [2.24, 2.45) is 0 Å². The number of pyridine rings is 1. The van der Waals surface area contributed by atoms with E-state index < -0.39 is 0 Å². The van der Waals surface area contributed by atoms with Gasteiger partial charge in [-0.1, -0.05) is 24.3 Å². The van der Waals surface area contributed by atoms with Gasteiger partial charge in [0.1, 0.15) is 0 Å². The summed E-state index contributed by atoms with van der Waals surface area (Å²) in [4.78, 5) is 22.9. The quantitative estimate of drug-likeness (QED) is 0.383. The van der Waals surface area contributed by atoms with Gasteiger partial charge in [0.05, 0.1) is 30.1 Å². The number of aromatic amines is 1. The van der Waals surface area contributed by atoms with Crippen molar-refractivity contribution >= 4 is 27.7 Å². The number of likely N-dealkylation sites (tertiary alicyclic amines) is 1. The molecule has 0 bridgehead atoms. The van der Waals surface area contributed by atoms with Crippen LogP contribution in [0.25, 0.3) is 21.8 Å². The van der Waals surface area contributed by atoms with Crippen molar-refractivity contribution in [3.63, 3.8) is 0 Å². The van der Waals surface area contributed by atoms with Gasteiger partial charge in [-0.3, -0.25) is 9.78 Å². The average molecular weight is 501 g/mol. The number of halogens is 1. The largest absolute Gasteiger partial charge is 0.494 e. The van der Waals surface area contributed by atoms with Crippen LogP contribution in [0.2, 0.25) is 0 Å². The Morgan fingerprint density at radius 3 is 2.89 bits per heavy atom. The van der Waals surface area contributed by atoms with Crippen LogP contribution in [0.15, 0.2) is 42.5 Å². The van der Waals surface area contributed by atoms with Crippen LogP contribution in [0, 0.1) is 5.82 Å². The van der Waals surface area contributed by atoms with E-state index in [4.69, 9.17) is 9.72 Å². The molecule has 1 saturated heterocycles. The standard InChI is InChI=1S/C30H33FN4O2/c1-18(36)35-14-6-7-20(17-35)32-25-11-5-9-22-28-21-8-3-4-10-24(21)33-30(28)26(34-29(22)25)16-19-12-13-27(37-2)23(31)15-19/h3-4,8,10,12-13,15,20,25,32-33H,5-7,9,11,14,16-17H2,1-2H3/t20-,25+/m1/s1. The number of ether oxygens (including phenoxy) is 1. The monoisotopic (exact) mass is 500 g/mol. The molecule has 2 aromatic carbocycles. The Bertz CT molecular complexity index is 1480. The number of fused-ring (bicyclic) bond motifs is 5. The number of amides is 1. The molecule has 3 heterocycles. The topological polar surface area (TPSA) is 70.2 Å². The third kappa shape index (κ3) is 4.46. The van der Waals surface area contributed by atoms with Crippen LogP contribution in [0.4, 0.5) is 4.39 Å². The maximum absolute atomic E-state index is 14.5. The maximum Gasteiger partial charge on any atom is 0.219 e. The molecule has 1 fully saturated rings. The second kappa shape index (κ2) is 9.78. The highest BCUT2D eigenvalue weighted by Gasteiger charge is 2.30. The van der Waals surface area contributed by atoms with Crippen LogP contribution >= 0.6 is 0 Å². The molecule has 37 heavy (non-hydrogen) atoms. The number of carbonyl (C=O) groups is 1. The van der Waals surface area contributed by atoms with Gasteiger partial charge in [0.25, 0.3) is 0 Å². The number of aryl methyl sites for hydroxylation is 1. The number of nitrogens with one attached hydrogen (secondary N) is 2. The minimum Gasteiger partial charge on any atom is -0.494 e. The number of benzene rings is 2. The highest BCUT2D eigenvalue weighted by Crippen LogP contribution is 2.39. The summed E-state index contributed by atoms with van der Waals surface area (Å²) in [5, 5.41) is 6.32. The zero-order valence-electron chi connectivity index (χ0n) is 21.4. The number of carbonyl (C=O) groups excluding carboxylic acids is 1. The van der Waals surface area contributed by atoms with Crippen molar-refractivity contribution in [3.05, 3.63) is 70.8 Å². The molecule has 2 aliphatic rings. The van der Waals surface area contributed by atoms with Crippen molar-refractivity contribution in [3.8, 4) is 5.75 Å². The fourth-order valence-electron chi connectivity index (χ4n) is 6.22. The molecule has 0 saturated carbocycles. The van der Waals surface area contributed by atoms with Gasteiger partial charge in [0, 0.05) is 48.8 Å². The van der Waals surface area contributed by atoms with Crippen LogP contribution in [0.3, 0.4) is 0 Å². The zero-order chi connectivity index (χ0) is 25.5. The number of hydrogen-bond donors (Lipinski definition) is 2. The predicted octanol–water partition coefficient (Wildman–Crippen LogP) is 5.43. The second-order valence-corrected chi connectivity index (χ2v) is 10.4. The molecule has 0 spiro atoms. The molecule has 7 heteroatoms. The Balaban J connectivity index is 1.43. The summed E-state index contributed by atoms with van der Waals surface area (Å²) in [7, 11) is 1.48. The number of hydrogen-bond acceptors (Lipinski definition) is 4. The molecule has 1 amide bonds. The Kier molecular flexibility index (Phi) is 6.32. The van der Waals surface area contributed by atoms with E-state index in [-0.39, 0.29) is 29.6 Å². The minimum atomic E-state index is -0.363. The number of para-hydroxylation sites is 1. The summed E-state index contributed by atoms with van der Waals surface area (Å²) in [6, 6.07) is 13.9. The van der Waals surface area contributed by atoms with Crippen LogP contribution in [0.1, 0.15) is 61.2 Å². The lowest BCUT2D eigenvalue weighted by Crippen LogP contribution is -2.48. The average Bonchev–Trinajstić information content (AvgIpc) is 3.30. The van der Waals surface area contributed by atoms with Crippen molar-refractivity contribution < 1.29 is 13.9 Å². The van der Waals surface area contributed by atoms with E-state index in [9.17, 15) is 9.18 Å². The number of H-pyrrole nitrogens is 1. The van der Waals surface area contributed by atoms with Crippen molar-refractivity contribution in [1.82, 2.24) is 20.2 Å². The minimum absolute atomic E-state index is 0.130. The van der Waals surface area contributed by atoms with E-state index >= 15 is 0 Å². The lowest BCUT2D eigenvalue weighted by molar-refractivity contribution is -0.130. The van der Waals surface area contributed by atoms with Crippen molar-refractivity contribution in [1.29, 1.82) is 0 Å². The summed E-state index contributed by atoms with van der Waals surface area (Å²) in [6.07, 6.45) is 5.68. The second-order valence-electron chi connectivity index (χ2n) is 10.4. The molecule has 0 unspecified atom stereocenters. The smallest absolute Gasteiger partial charge is 0.219 e. The lowest BCUT2D eigenvalue weighted by Gasteiger charge is -2.36. The van der Waals surface area contributed by atoms with Gasteiger partial charge < -0.3 is 19.9 Å². The van der Waals surface area contributed by atoms with Crippen LogP contribution in [-0.4, -0.2) is 47.0 Å². The van der Waals surface area contributed by atoms with Crippen LogP contribution < -0.4 is 10.1 Å². The highest BCUT2D eigenvalue weighted by molar-refractivity contribution is 6.10. The fourth-order valence-corrected chi connectivity index (χ4v) is 6.22. The van der Waals surface area contributed by atoms with E-state index in [0.29, 0.717) is 6.42 Å². The molecule has 2 aromatic heterocycles. The van der Waals surface area contributed by atoms with Gasteiger partial charge in [0.15, 0.2) is 11.6 Å². The molecule has 1 aliphatic heterocycles. The van der Waals surface area contributed by atoms with E-state index in [1.165, 1.54) is 23.4 Å². The summed E-state index contributed by atoms with van der Waals surface area (Å²) in [5.41, 5.74) is 6.33. The van der Waals surface area contributed by atoms with Crippen LogP contribution in [-0.2, 0) is 17.6 Å². The molecule has 1 aliphatic carbocycles. The van der Waals surface area contributed by atoms with E-state index in [0.717, 1.165) is 73.2 Å². The van der Waals surface area contributed by atoms with Gasteiger partial charge in [-0.2, -0.15) is 0 Å². The predicted molar refractivity (Wildman–Crippen MR) is 143 cm³/mol. The number of rotatable bonds is 5. The maximum atomic E-state index is 14.5. The summed E-state index contributed by atoms with van der Waals surface area (Å²) < 4.78 is 19.6. The number of methoxy groups -OCH3 is 1. The molecular formula is C30H33FN4O2. The Morgan fingerprint density at radius 2 is 2.08 bits per heavy atom. The lowest BCUT2D eigenvalue weighted by atomic mass is 9.87. The summed E-state index contributed by atoms with van der Waals surface area (Å²) in [5.74, 6) is 0.0233. The molecule has 0 radical (unpaired) electrons. The summed E-state index contributed by atoms with van der Waals surface area (Å²) >= 11 is 0. The van der Waals surface area contributed by atoms with Crippen molar-refractivity contribution in [2.45, 2.75) is 57.5 Å².